The van der Waals surface area contributed by atoms with Crippen molar-refractivity contribution in [2.24, 2.45) is 0 Å². The summed E-state index contributed by atoms with van der Waals surface area (Å²) in [5, 5.41) is 12.7. The molecule has 0 unspecified atom stereocenters. The summed E-state index contributed by atoms with van der Waals surface area (Å²) in [4.78, 5) is 11.8. The summed E-state index contributed by atoms with van der Waals surface area (Å²) in [7, 11) is 0. The molecule has 3 aromatic rings. The van der Waals surface area contributed by atoms with Crippen LogP contribution in [0.4, 0.5) is 5.69 Å². The first-order valence-electron chi connectivity index (χ1n) is 6.00. The van der Waals surface area contributed by atoms with Crippen LogP contribution < -0.4 is 0 Å². The Morgan fingerprint density at radius 2 is 1.95 bits per heavy atom. The Morgan fingerprint density at radius 3 is 2.65 bits per heavy atom. The van der Waals surface area contributed by atoms with E-state index in [-0.39, 0.29) is 10.6 Å². The van der Waals surface area contributed by atoms with Crippen LogP contribution in [0.3, 0.4) is 0 Å². The molecule has 0 aliphatic heterocycles. The van der Waals surface area contributed by atoms with Crippen molar-refractivity contribution in [3.05, 3.63) is 63.2 Å². The van der Waals surface area contributed by atoms with Crippen LogP contribution in [0.1, 0.15) is 5.56 Å². The highest BCUT2D eigenvalue weighted by Gasteiger charge is 2.20. The van der Waals surface area contributed by atoms with Gasteiger partial charge in [0.2, 0.25) is 0 Å². The molecule has 0 saturated carbocycles. The first kappa shape index (κ1) is 13.1. The van der Waals surface area contributed by atoms with Crippen LogP contribution in [0.25, 0.3) is 20.5 Å². The van der Waals surface area contributed by atoms with E-state index in [0.717, 1.165) is 20.5 Å². The standard InChI is InChI=1S/C15H10ClNO2S/c1-9-11-4-2-3-5-14(11)20-15(9)12-7-6-10(16)8-13(12)17(18)19/h2-8H,1H3. The average Bonchev–Trinajstić information content (AvgIpc) is 2.76. The minimum absolute atomic E-state index is 0.0483. The molecule has 5 heteroatoms. The van der Waals surface area contributed by atoms with Crippen molar-refractivity contribution in [1.29, 1.82) is 0 Å². The monoisotopic (exact) mass is 303 g/mol. The SMILES string of the molecule is Cc1c(-c2ccc(Cl)cc2[N+](=O)[O-])sc2ccccc12. The van der Waals surface area contributed by atoms with Gasteiger partial charge >= 0.3 is 0 Å². The molecule has 20 heavy (non-hydrogen) atoms. The minimum Gasteiger partial charge on any atom is -0.258 e. The molecule has 0 N–H and O–H groups in total. The fraction of sp³-hybridized carbons (Fsp3) is 0.0667. The molecule has 0 fully saturated rings. The quantitative estimate of drug-likeness (QED) is 0.467. The summed E-state index contributed by atoms with van der Waals surface area (Å²) in [6, 6.07) is 12.8. The molecule has 0 saturated heterocycles. The lowest BCUT2D eigenvalue weighted by Crippen LogP contribution is -1.91. The fourth-order valence-corrected chi connectivity index (χ4v) is 3.69. The highest BCUT2D eigenvalue weighted by Crippen LogP contribution is 2.42. The summed E-state index contributed by atoms with van der Waals surface area (Å²) in [5.41, 5.74) is 1.74. The molecule has 0 amide bonds. The largest absolute Gasteiger partial charge is 0.279 e. The van der Waals surface area contributed by atoms with Gasteiger partial charge in [0.1, 0.15) is 0 Å². The zero-order valence-electron chi connectivity index (χ0n) is 10.6. The second-order valence-corrected chi connectivity index (χ2v) is 5.96. The lowest BCUT2D eigenvalue weighted by molar-refractivity contribution is -0.384. The Bertz CT molecular complexity index is 826. The number of thiophene rings is 1. The van der Waals surface area contributed by atoms with Gasteiger partial charge in [0.25, 0.3) is 5.69 Å². The van der Waals surface area contributed by atoms with E-state index in [1.165, 1.54) is 6.07 Å². The van der Waals surface area contributed by atoms with Gasteiger partial charge in [-0.3, -0.25) is 10.1 Å². The number of hydrogen-bond acceptors (Lipinski definition) is 3. The van der Waals surface area contributed by atoms with E-state index in [9.17, 15) is 10.1 Å². The van der Waals surface area contributed by atoms with Crippen molar-refractivity contribution in [3.8, 4) is 10.4 Å². The second kappa shape index (κ2) is 4.89. The first-order valence-corrected chi connectivity index (χ1v) is 7.20. The average molecular weight is 304 g/mol. The van der Waals surface area contributed by atoms with Gasteiger partial charge in [-0.1, -0.05) is 29.8 Å². The number of halogens is 1. The Balaban J connectivity index is 2.31. The zero-order chi connectivity index (χ0) is 14.3. The van der Waals surface area contributed by atoms with Crippen molar-refractivity contribution < 1.29 is 4.92 Å². The summed E-state index contributed by atoms with van der Waals surface area (Å²) >= 11 is 7.43. The van der Waals surface area contributed by atoms with Crippen molar-refractivity contribution in [2.45, 2.75) is 6.92 Å². The number of nitro benzene ring substituents is 1. The van der Waals surface area contributed by atoms with Crippen molar-refractivity contribution in [1.82, 2.24) is 0 Å². The number of fused-ring (bicyclic) bond motifs is 1. The molecule has 0 atom stereocenters. The van der Waals surface area contributed by atoms with E-state index in [1.54, 1.807) is 23.5 Å². The lowest BCUT2D eigenvalue weighted by Gasteiger charge is -2.02. The van der Waals surface area contributed by atoms with Crippen LogP contribution >= 0.6 is 22.9 Å². The van der Waals surface area contributed by atoms with Crippen LogP contribution in [-0.4, -0.2) is 4.92 Å². The van der Waals surface area contributed by atoms with Gasteiger partial charge in [0.05, 0.1) is 10.5 Å². The number of benzene rings is 2. The van der Waals surface area contributed by atoms with E-state index < -0.39 is 0 Å². The topological polar surface area (TPSA) is 43.1 Å². The predicted octanol–water partition coefficient (Wildman–Crippen LogP) is 5.44. The van der Waals surface area contributed by atoms with Gasteiger partial charge in [-0.05, 0) is 36.1 Å². The third kappa shape index (κ3) is 2.07. The Hall–Kier alpha value is -1.91. The van der Waals surface area contributed by atoms with E-state index in [0.29, 0.717) is 10.6 Å². The van der Waals surface area contributed by atoms with Gasteiger partial charge in [-0.2, -0.15) is 0 Å². The molecule has 1 heterocycles. The maximum absolute atomic E-state index is 11.2. The molecule has 0 spiro atoms. The van der Waals surface area contributed by atoms with Gasteiger partial charge < -0.3 is 0 Å². The summed E-state index contributed by atoms with van der Waals surface area (Å²) < 4.78 is 1.13. The lowest BCUT2D eigenvalue weighted by atomic mass is 10.1. The second-order valence-electron chi connectivity index (χ2n) is 4.47. The van der Waals surface area contributed by atoms with Crippen LogP contribution in [0, 0.1) is 17.0 Å². The minimum atomic E-state index is -0.384. The van der Waals surface area contributed by atoms with Crippen molar-refractivity contribution >= 4 is 38.7 Å². The van der Waals surface area contributed by atoms with E-state index in [1.807, 2.05) is 31.2 Å². The van der Waals surface area contributed by atoms with E-state index in [2.05, 4.69) is 0 Å². The first-order chi connectivity index (χ1) is 9.58. The van der Waals surface area contributed by atoms with Crippen LogP contribution in [0.15, 0.2) is 42.5 Å². The Morgan fingerprint density at radius 1 is 1.20 bits per heavy atom. The van der Waals surface area contributed by atoms with Crippen LogP contribution in [-0.2, 0) is 0 Å². The van der Waals surface area contributed by atoms with Crippen LogP contribution in [0.2, 0.25) is 5.02 Å². The molecule has 0 radical (unpaired) electrons. The summed E-state index contributed by atoms with van der Waals surface area (Å²) in [6.07, 6.45) is 0. The molecular formula is C15H10ClNO2S. The summed E-state index contributed by atoms with van der Waals surface area (Å²) in [5.74, 6) is 0. The molecule has 0 aliphatic rings. The highest BCUT2D eigenvalue weighted by atomic mass is 35.5. The zero-order valence-corrected chi connectivity index (χ0v) is 12.2. The fourth-order valence-electron chi connectivity index (χ4n) is 2.28. The third-order valence-corrected chi connectivity index (χ3v) is 4.79. The smallest absolute Gasteiger partial charge is 0.258 e. The van der Waals surface area contributed by atoms with E-state index in [4.69, 9.17) is 11.6 Å². The number of aryl methyl sites for hydroxylation is 1. The highest BCUT2D eigenvalue weighted by molar-refractivity contribution is 7.22. The Kier molecular flexibility index (Phi) is 3.20. The number of nitrogens with zero attached hydrogens (tertiary/aromatic N) is 1. The molecule has 1 aromatic heterocycles. The maximum atomic E-state index is 11.2. The summed E-state index contributed by atoms with van der Waals surface area (Å²) in [6.45, 7) is 1.99. The van der Waals surface area contributed by atoms with Crippen molar-refractivity contribution in [3.63, 3.8) is 0 Å². The van der Waals surface area contributed by atoms with Gasteiger partial charge in [0.15, 0.2) is 0 Å². The number of nitro groups is 1. The van der Waals surface area contributed by atoms with Gasteiger partial charge in [0, 0.05) is 20.7 Å². The molecular weight excluding hydrogens is 294 g/mol. The molecule has 100 valence electrons. The predicted molar refractivity (Wildman–Crippen MR) is 83.7 cm³/mol. The molecule has 3 nitrogen and oxygen atoms in total. The molecule has 0 bridgehead atoms. The number of rotatable bonds is 2. The normalized spacial score (nSPS) is 10.9. The molecule has 0 aliphatic carbocycles. The van der Waals surface area contributed by atoms with Crippen molar-refractivity contribution in [2.75, 3.05) is 0 Å². The molecule has 2 aromatic carbocycles. The Labute approximate surface area is 124 Å². The van der Waals surface area contributed by atoms with E-state index >= 15 is 0 Å². The third-order valence-electron chi connectivity index (χ3n) is 3.24. The van der Waals surface area contributed by atoms with Gasteiger partial charge in [-0.15, -0.1) is 11.3 Å². The van der Waals surface area contributed by atoms with Gasteiger partial charge in [-0.25, -0.2) is 0 Å². The maximum Gasteiger partial charge on any atom is 0.279 e. The number of hydrogen-bond donors (Lipinski definition) is 0. The van der Waals surface area contributed by atoms with Crippen LogP contribution in [0.5, 0.6) is 0 Å². The molecule has 3 rings (SSSR count).